The van der Waals surface area contributed by atoms with E-state index < -0.39 is 0 Å². The van der Waals surface area contributed by atoms with E-state index in [1.54, 1.807) is 6.07 Å². The van der Waals surface area contributed by atoms with Gasteiger partial charge >= 0.3 is 0 Å². The molecule has 0 radical (unpaired) electrons. The Labute approximate surface area is 203 Å². The number of aromatic amines is 1. The molecule has 3 unspecified atom stereocenters. The van der Waals surface area contributed by atoms with E-state index in [0.717, 1.165) is 53.4 Å². The van der Waals surface area contributed by atoms with Gasteiger partial charge in [-0.25, -0.2) is 4.39 Å². The Hall–Kier alpha value is -1.99. The maximum absolute atomic E-state index is 14.9. The third kappa shape index (κ3) is 5.09. The van der Waals surface area contributed by atoms with Crippen molar-refractivity contribution in [2.75, 3.05) is 5.32 Å². The lowest BCUT2D eigenvalue weighted by Crippen LogP contribution is -2.09. The van der Waals surface area contributed by atoms with Crippen LogP contribution < -0.4 is 5.32 Å². The molecule has 1 aromatic carbocycles. The molecule has 178 valence electrons. The highest BCUT2D eigenvalue weighted by Gasteiger charge is 2.31. The second-order valence-electron chi connectivity index (χ2n) is 9.79. The van der Waals surface area contributed by atoms with Crippen molar-refractivity contribution in [2.45, 2.75) is 82.6 Å². The van der Waals surface area contributed by atoms with Gasteiger partial charge < -0.3 is 9.73 Å². The molecular formula is C26H34FN3OS2. The number of nitrogens with one attached hydrogen (secondary N) is 2. The highest BCUT2D eigenvalue weighted by molar-refractivity contribution is 8.28. The zero-order chi connectivity index (χ0) is 23.8. The summed E-state index contributed by atoms with van der Waals surface area (Å²) in [4.78, 5) is 0. The fraction of sp³-hybridized carbons (Fsp3) is 0.500. The fourth-order valence-corrected chi connectivity index (χ4v) is 6.77. The summed E-state index contributed by atoms with van der Waals surface area (Å²) < 4.78 is 21.1. The van der Waals surface area contributed by atoms with E-state index in [2.05, 4.69) is 48.4 Å². The maximum atomic E-state index is 14.9. The Balaban J connectivity index is 0.00000126. The molecule has 3 aromatic rings. The van der Waals surface area contributed by atoms with E-state index in [9.17, 15) is 4.39 Å². The van der Waals surface area contributed by atoms with Crippen LogP contribution in [0.5, 0.6) is 0 Å². The van der Waals surface area contributed by atoms with Gasteiger partial charge in [0, 0.05) is 46.1 Å². The lowest BCUT2D eigenvalue weighted by atomic mass is 9.94. The number of hydrogen-bond acceptors (Lipinski definition) is 4. The Bertz CT molecular complexity index is 1140. The second kappa shape index (κ2) is 9.71. The van der Waals surface area contributed by atoms with Crippen molar-refractivity contribution in [3.05, 3.63) is 64.5 Å². The molecule has 3 heterocycles. The van der Waals surface area contributed by atoms with E-state index in [-0.39, 0.29) is 20.7 Å². The molecule has 0 saturated heterocycles. The molecule has 3 atom stereocenters. The smallest absolute Gasteiger partial charge is 0.152 e. The number of furan rings is 1. The van der Waals surface area contributed by atoms with E-state index in [1.165, 1.54) is 0 Å². The minimum atomic E-state index is -0.185. The fourth-order valence-electron chi connectivity index (χ4n) is 4.68. The Morgan fingerprint density at radius 2 is 1.88 bits per heavy atom. The minimum Gasteiger partial charge on any atom is -0.465 e. The molecule has 7 heteroatoms. The standard InChI is InChI=1S/C24H28FN3OS2.C2H6/c1-24(2,3)21-9-8-20(29-21)15-5-4-14(10-15)19-11-22(28-27-19)26-18-7-6-16-12-31(30)13-17(16)23(18)25;1-2/h6-9,11,14-15H,4-5,10,12-13H2,1-3H3,(H2,26,27,28);1-2H3. The summed E-state index contributed by atoms with van der Waals surface area (Å²) in [5.74, 6) is 4.90. The third-order valence-electron chi connectivity index (χ3n) is 6.46. The number of benzene rings is 1. The van der Waals surface area contributed by atoms with Crippen LogP contribution in [0, 0.1) is 5.82 Å². The number of halogens is 1. The number of H-pyrrole nitrogens is 1. The Morgan fingerprint density at radius 1 is 1.12 bits per heavy atom. The highest BCUT2D eigenvalue weighted by Crippen LogP contribution is 2.44. The first-order valence-electron chi connectivity index (χ1n) is 11.9. The van der Waals surface area contributed by atoms with Crippen molar-refractivity contribution < 1.29 is 8.81 Å². The topological polar surface area (TPSA) is 53.9 Å². The van der Waals surface area contributed by atoms with E-state index in [1.807, 2.05) is 26.0 Å². The maximum Gasteiger partial charge on any atom is 0.152 e. The van der Waals surface area contributed by atoms with Crippen molar-refractivity contribution in [1.82, 2.24) is 10.2 Å². The van der Waals surface area contributed by atoms with Crippen LogP contribution in [-0.4, -0.2) is 10.2 Å². The zero-order valence-electron chi connectivity index (χ0n) is 20.1. The van der Waals surface area contributed by atoms with Gasteiger partial charge in [-0.3, -0.25) is 5.10 Å². The molecule has 2 aliphatic rings. The van der Waals surface area contributed by atoms with Gasteiger partial charge in [0.05, 0.1) is 5.69 Å². The normalized spacial score (nSPS) is 22.1. The zero-order valence-corrected chi connectivity index (χ0v) is 21.8. The summed E-state index contributed by atoms with van der Waals surface area (Å²) in [7, 11) is -0.169. The van der Waals surface area contributed by atoms with Crippen LogP contribution in [0.3, 0.4) is 0 Å². The van der Waals surface area contributed by atoms with Gasteiger partial charge in [0.2, 0.25) is 0 Å². The predicted octanol–water partition coefficient (Wildman–Crippen LogP) is 7.35. The molecule has 0 spiro atoms. The van der Waals surface area contributed by atoms with Gasteiger partial charge in [-0.05, 0) is 43.0 Å². The van der Waals surface area contributed by atoms with Crippen molar-refractivity contribution in [2.24, 2.45) is 0 Å². The van der Waals surface area contributed by atoms with Crippen molar-refractivity contribution in [3.8, 4) is 0 Å². The monoisotopic (exact) mass is 487 g/mol. The molecule has 1 aliphatic carbocycles. The van der Waals surface area contributed by atoms with Crippen molar-refractivity contribution >= 4 is 32.1 Å². The molecule has 1 saturated carbocycles. The van der Waals surface area contributed by atoms with Gasteiger partial charge in [0.15, 0.2) is 11.6 Å². The van der Waals surface area contributed by atoms with Gasteiger partial charge in [-0.1, -0.05) is 51.9 Å². The molecule has 5 rings (SSSR count). The van der Waals surface area contributed by atoms with E-state index >= 15 is 0 Å². The van der Waals surface area contributed by atoms with E-state index in [0.29, 0.717) is 29.1 Å². The number of aromatic nitrogens is 2. The van der Waals surface area contributed by atoms with Crippen molar-refractivity contribution in [1.29, 1.82) is 0 Å². The lowest BCUT2D eigenvalue weighted by Gasteiger charge is -2.15. The Morgan fingerprint density at radius 3 is 2.61 bits per heavy atom. The summed E-state index contributed by atoms with van der Waals surface area (Å²) in [5, 5.41) is 10.7. The van der Waals surface area contributed by atoms with Gasteiger partial charge in [-0.15, -0.1) is 9.45 Å². The van der Waals surface area contributed by atoms with Crippen LogP contribution in [0.15, 0.2) is 34.7 Å². The molecule has 0 bridgehead atoms. The minimum absolute atomic E-state index is 0.0275. The summed E-state index contributed by atoms with van der Waals surface area (Å²) in [6.45, 7) is 10.5. The van der Waals surface area contributed by atoms with E-state index in [4.69, 9.17) is 15.6 Å². The van der Waals surface area contributed by atoms with Crippen LogP contribution in [0.1, 0.15) is 94.1 Å². The molecule has 0 amide bonds. The summed E-state index contributed by atoms with van der Waals surface area (Å²) >= 11 is 5.39. The largest absolute Gasteiger partial charge is 0.465 e. The SMILES string of the molecule is CC.CC(C)(C)c1ccc(C2CCC(c3cc(Nc4ccc5c(c4F)CS(=S)C5)n[nH]3)C2)o1. The Kier molecular flexibility index (Phi) is 7.10. The van der Waals surface area contributed by atoms with Crippen LogP contribution in [0.4, 0.5) is 15.9 Å². The first-order valence-corrected chi connectivity index (χ1v) is 14.3. The average Bonchev–Trinajstić information content (AvgIpc) is 3.56. The van der Waals surface area contributed by atoms with Crippen LogP contribution >= 0.6 is 0 Å². The second-order valence-corrected chi connectivity index (χ2v) is 12.7. The lowest BCUT2D eigenvalue weighted by molar-refractivity contribution is 0.369. The molecule has 1 aliphatic heterocycles. The molecule has 33 heavy (non-hydrogen) atoms. The quantitative estimate of drug-likeness (QED) is 0.404. The first kappa shape index (κ1) is 24.1. The molecule has 1 fully saturated rings. The summed E-state index contributed by atoms with van der Waals surface area (Å²) in [5.41, 5.74) is 3.42. The third-order valence-corrected chi connectivity index (χ3v) is 8.41. The highest BCUT2D eigenvalue weighted by atomic mass is 32.8. The number of rotatable bonds is 4. The average molecular weight is 488 g/mol. The molecule has 4 nitrogen and oxygen atoms in total. The van der Waals surface area contributed by atoms with Gasteiger partial charge in [0.25, 0.3) is 0 Å². The van der Waals surface area contributed by atoms with Crippen LogP contribution in [0.2, 0.25) is 0 Å². The molecular weight excluding hydrogens is 453 g/mol. The number of fused-ring (bicyclic) bond motifs is 1. The molecule has 2 N–H and O–H groups in total. The van der Waals surface area contributed by atoms with Gasteiger partial charge in [-0.2, -0.15) is 5.10 Å². The van der Waals surface area contributed by atoms with Crippen LogP contribution in [0.25, 0.3) is 0 Å². The van der Waals surface area contributed by atoms with Crippen LogP contribution in [-0.2, 0) is 37.6 Å². The number of nitrogens with zero attached hydrogens (tertiary/aromatic N) is 1. The number of anilines is 2. The summed E-state index contributed by atoms with van der Waals surface area (Å²) in [6.07, 6.45) is 3.23. The number of hydrogen-bond donors (Lipinski definition) is 2. The van der Waals surface area contributed by atoms with Crippen molar-refractivity contribution in [3.63, 3.8) is 0 Å². The summed E-state index contributed by atoms with van der Waals surface area (Å²) in [6, 6.07) is 10.1. The predicted molar refractivity (Wildman–Crippen MR) is 138 cm³/mol. The van der Waals surface area contributed by atoms with Gasteiger partial charge in [0.1, 0.15) is 11.5 Å². The molecule has 2 aromatic heterocycles. The first-order chi connectivity index (χ1) is 15.8.